The molecule has 0 aliphatic carbocycles. The first-order chi connectivity index (χ1) is 11.5. The van der Waals surface area contributed by atoms with Crippen molar-refractivity contribution >= 4 is 51.1 Å². The molecule has 0 amide bonds. The average molecular weight is 429 g/mol. The Morgan fingerprint density at radius 1 is 1.42 bits per heavy atom. The SMILES string of the molecule is COc1cc(/C=N/NC(N)=S)cc(Br)c1OCc1ccccc1Cl. The van der Waals surface area contributed by atoms with Crippen LogP contribution in [0.4, 0.5) is 0 Å². The standard InChI is InChI=1S/C16H15BrClN3O2S/c1-22-14-7-10(8-20-21-16(19)24)6-12(17)15(14)23-9-11-4-2-3-5-13(11)18/h2-8H,9H2,1H3,(H3,19,21,24)/b20-8+. The summed E-state index contributed by atoms with van der Waals surface area (Å²) in [5.74, 6) is 1.14. The van der Waals surface area contributed by atoms with Crippen LogP contribution in [0.25, 0.3) is 0 Å². The third-order valence-electron chi connectivity index (χ3n) is 2.97. The van der Waals surface area contributed by atoms with E-state index in [0.717, 1.165) is 15.6 Å². The van der Waals surface area contributed by atoms with Crippen LogP contribution >= 0.6 is 39.7 Å². The Morgan fingerprint density at radius 2 is 2.17 bits per heavy atom. The highest BCUT2D eigenvalue weighted by atomic mass is 79.9. The van der Waals surface area contributed by atoms with Crippen LogP contribution in [0.2, 0.25) is 5.02 Å². The third-order valence-corrected chi connectivity index (χ3v) is 4.02. The van der Waals surface area contributed by atoms with Gasteiger partial charge in [0.05, 0.1) is 17.8 Å². The minimum atomic E-state index is 0.0944. The fraction of sp³-hybridized carbons (Fsp3) is 0.125. The van der Waals surface area contributed by atoms with Crippen molar-refractivity contribution in [2.75, 3.05) is 7.11 Å². The quantitative estimate of drug-likeness (QED) is 0.415. The Kier molecular flexibility index (Phi) is 6.84. The first-order valence-electron chi connectivity index (χ1n) is 6.83. The van der Waals surface area contributed by atoms with Crippen LogP contribution < -0.4 is 20.6 Å². The maximum absolute atomic E-state index is 6.14. The number of thiocarbonyl (C=S) groups is 1. The van der Waals surface area contributed by atoms with Gasteiger partial charge in [0.1, 0.15) is 6.61 Å². The zero-order chi connectivity index (χ0) is 17.5. The molecule has 5 nitrogen and oxygen atoms in total. The van der Waals surface area contributed by atoms with Gasteiger partial charge >= 0.3 is 0 Å². The third kappa shape index (κ3) is 5.09. The van der Waals surface area contributed by atoms with Gasteiger partial charge in [0.15, 0.2) is 16.6 Å². The lowest BCUT2D eigenvalue weighted by Crippen LogP contribution is -2.23. The molecule has 0 radical (unpaired) electrons. The van der Waals surface area contributed by atoms with Gasteiger partial charge in [-0.1, -0.05) is 29.8 Å². The number of methoxy groups -OCH3 is 1. The molecule has 0 aliphatic rings. The summed E-state index contributed by atoms with van der Waals surface area (Å²) >= 11 is 14.3. The summed E-state index contributed by atoms with van der Waals surface area (Å²) in [5, 5.41) is 4.66. The summed E-state index contributed by atoms with van der Waals surface area (Å²) in [4.78, 5) is 0. The van der Waals surface area contributed by atoms with E-state index >= 15 is 0 Å². The molecule has 0 atom stereocenters. The molecule has 3 N–H and O–H groups in total. The smallest absolute Gasteiger partial charge is 0.184 e. The van der Waals surface area contributed by atoms with E-state index in [1.807, 2.05) is 30.3 Å². The molecule has 126 valence electrons. The van der Waals surface area contributed by atoms with Gasteiger partial charge in [-0.05, 0) is 51.9 Å². The number of nitrogens with zero attached hydrogens (tertiary/aromatic N) is 1. The molecule has 0 saturated heterocycles. The van der Waals surface area contributed by atoms with E-state index in [-0.39, 0.29) is 5.11 Å². The summed E-state index contributed by atoms with van der Waals surface area (Å²) in [6.07, 6.45) is 1.57. The molecule has 0 heterocycles. The van der Waals surface area contributed by atoms with Gasteiger partial charge in [-0.2, -0.15) is 5.10 Å². The van der Waals surface area contributed by atoms with Crippen LogP contribution in [0.1, 0.15) is 11.1 Å². The molecule has 0 saturated carbocycles. The van der Waals surface area contributed by atoms with Gasteiger partial charge in [-0.3, -0.25) is 5.43 Å². The van der Waals surface area contributed by atoms with Crippen molar-refractivity contribution in [3.63, 3.8) is 0 Å². The Morgan fingerprint density at radius 3 is 2.83 bits per heavy atom. The molecule has 2 aromatic carbocycles. The van der Waals surface area contributed by atoms with Crippen LogP contribution in [-0.4, -0.2) is 18.4 Å². The number of hydrogen-bond acceptors (Lipinski definition) is 4. The number of benzene rings is 2. The Hall–Kier alpha value is -1.83. The molecular formula is C16H15BrClN3O2S. The first-order valence-corrected chi connectivity index (χ1v) is 8.41. The highest BCUT2D eigenvalue weighted by molar-refractivity contribution is 9.10. The zero-order valence-corrected chi connectivity index (χ0v) is 15.9. The van der Waals surface area contributed by atoms with Crippen LogP contribution in [0.3, 0.4) is 0 Å². The highest BCUT2D eigenvalue weighted by Gasteiger charge is 2.12. The summed E-state index contributed by atoms with van der Waals surface area (Å²) in [7, 11) is 1.57. The van der Waals surface area contributed by atoms with E-state index in [1.165, 1.54) is 0 Å². The number of ether oxygens (including phenoxy) is 2. The lowest BCUT2D eigenvalue weighted by molar-refractivity contribution is 0.282. The Bertz CT molecular complexity index is 771. The maximum Gasteiger partial charge on any atom is 0.184 e. The fourth-order valence-corrected chi connectivity index (χ4v) is 2.71. The zero-order valence-electron chi connectivity index (χ0n) is 12.8. The van der Waals surface area contributed by atoms with E-state index < -0.39 is 0 Å². The lowest BCUT2D eigenvalue weighted by atomic mass is 10.2. The second-order valence-electron chi connectivity index (χ2n) is 4.65. The number of nitrogens with two attached hydrogens (primary N) is 1. The predicted molar refractivity (Wildman–Crippen MR) is 104 cm³/mol. The molecule has 24 heavy (non-hydrogen) atoms. The van der Waals surface area contributed by atoms with Gasteiger partial charge in [0.25, 0.3) is 0 Å². The van der Waals surface area contributed by atoms with Crippen molar-refractivity contribution in [2.45, 2.75) is 6.61 Å². The van der Waals surface area contributed by atoms with E-state index in [2.05, 4.69) is 38.7 Å². The Balaban J connectivity index is 2.19. The summed E-state index contributed by atoms with van der Waals surface area (Å²) in [6.45, 7) is 0.324. The summed E-state index contributed by atoms with van der Waals surface area (Å²) in [5.41, 5.74) is 9.48. The number of nitrogens with one attached hydrogen (secondary N) is 1. The molecule has 0 spiro atoms. The van der Waals surface area contributed by atoms with Crippen molar-refractivity contribution in [1.82, 2.24) is 5.43 Å². The fourth-order valence-electron chi connectivity index (χ4n) is 1.89. The van der Waals surface area contributed by atoms with Gasteiger partial charge < -0.3 is 15.2 Å². The van der Waals surface area contributed by atoms with E-state index in [9.17, 15) is 0 Å². The number of hydrazone groups is 1. The van der Waals surface area contributed by atoms with Crippen molar-refractivity contribution in [1.29, 1.82) is 0 Å². The van der Waals surface area contributed by atoms with Crippen LogP contribution in [-0.2, 0) is 6.61 Å². The van der Waals surface area contributed by atoms with Crippen molar-refractivity contribution < 1.29 is 9.47 Å². The van der Waals surface area contributed by atoms with Crippen LogP contribution in [0.15, 0.2) is 46.0 Å². The molecule has 2 rings (SSSR count). The molecule has 8 heteroatoms. The molecular weight excluding hydrogens is 414 g/mol. The van der Waals surface area contributed by atoms with Crippen molar-refractivity contribution in [2.24, 2.45) is 10.8 Å². The van der Waals surface area contributed by atoms with Crippen molar-refractivity contribution in [3.05, 3.63) is 57.0 Å². The van der Waals surface area contributed by atoms with Crippen LogP contribution in [0, 0.1) is 0 Å². The number of halogens is 2. The van der Waals surface area contributed by atoms with Crippen molar-refractivity contribution in [3.8, 4) is 11.5 Å². The topological polar surface area (TPSA) is 68.9 Å². The molecule has 0 bridgehead atoms. The van der Waals surface area contributed by atoms with Crippen LogP contribution in [0.5, 0.6) is 11.5 Å². The predicted octanol–water partition coefficient (Wildman–Crippen LogP) is 3.86. The summed E-state index contributed by atoms with van der Waals surface area (Å²) < 4.78 is 12.0. The largest absolute Gasteiger partial charge is 0.493 e. The normalized spacial score (nSPS) is 10.6. The molecule has 0 aliphatic heterocycles. The second-order valence-corrected chi connectivity index (χ2v) is 6.35. The number of rotatable bonds is 6. The molecule has 2 aromatic rings. The molecule has 0 aromatic heterocycles. The summed E-state index contributed by atoms with van der Waals surface area (Å²) in [6, 6.07) is 11.1. The monoisotopic (exact) mass is 427 g/mol. The minimum absolute atomic E-state index is 0.0944. The molecule has 0 unspecified atom stereocenters. The van der Waals surface area contributed by atoms with Gasteiger partial charge in [-0.25, -0.2) is 0 Å². The first kappa shape index (κ1) is 18.5. The minimum Gasteiger partial charge on any atom is -0.493 e. The van der Waals surface area contributed by atoms with E-state index in [0.29, 0.717) is 23.1 Å². The number of hydrogen-bond donors (Lipinski definition) is 2. The second kappa shape index (κ2) is 8.86. The van der Waals surface area contributed by atoms with E-state index in [4.69, 9.17) is 26.8 Å². The Labute approximate surface area is 158 Å². The van der Waals surface area contributed by atoms with E-state index in [1.54, 1.807) is 19.4 Å². The van der Waals surface area contributed by atoms with Gasteiger partial charge in [0.2, 0.25) is 0 Å². The van der Waals surface area contributed by atoms with Gasteiger partial charge in [-0.15, -0.1) is 0 Å². The maximum atomic E-state index is 6.14. The molecule has 0 fully saturated rings. The average Bonchev–Trinajstić information content (AvgIpc) is 2.54. The lowest BCUT2D eigenvalue weighted by Gasteiger charge is -2.14. The highest BCUT2D eigenvalue weighted by Crippen LogP contribution is 2.37. The van der Waals surface area contributed by atoms with Gasteiger partial charge in [0, 0.05) is 10.6 Å².